The number of hydrogen-bond donors (Lipinski definition) is 5. The highest BCUT2D eigenvalue weighted by molar-refractivity contribution is 6.15. The average molecular weight is 308 g/mol. The van der Waals surface area contributed by atoms with Crippen LogP contribution >= 0.6 is 0 Å². The number of aliphatic hydroxyl groups is 4. The lowest BCUT2D eigenvalue weighted by Crippen LogP contribution is -2.67. The summed E-state index contributed by atoms with van der Waals surface area (Å²) >= 11 is 0. The van der Waals surface area contributed by atoms with E-state index in [2.05, 4.69) is 10.3 Å². The molecule has 0 aromatic heterocycles. The van der Waals surface area contributed by atoms with Crippen LogP contribution in [0.2, 0.25) is 0 Å². The van der Waals surface area contributed by atoms with Crippen LogP contribution in [0, 0.1) is 0 Å². The Morgan fingerprint density at radius 3 is 2.50 bits per heavy atom. The van der Waals surface area contributed by atoms with E-state index in [-0.39, 0.29) is 5.84 Å². The number of aliphatic hydroxyl groups excluding tert-OH is 4. The van der Waals surface area contributed by atoms with Crippen molar-refractivity contribution >= 4 is 11.7 Å². The Bertz CT molecular complexity index is 605. The molecule has 0 radical (unpaired) electrons. The number of aliphatic imine (C=N–C) groups is 1. The molecule has 0 aliphatic carbocycles. The fourth-order valence-corrected chi connectivity index (χ4v) is 2.61. The molecule has 2 aliphatic rings. The molecule has 3 rings (SSSR count). The summed E-state index contributed by atoms with van der Waals surface area (Å²) in [6.07, 6.45) is -6.18. The predicted molar refractivity (Wildman–Crippen MR) is 73.8 cm³/mol. The van der Waals surface area contributed by atoms with E-state index in [0.29, 0.717) is 5.56 Å². The molecule has 118 valence electrons. The van der Waals surface area contributed by atoms with Gasteiger partial charge >= 0.3 is 0 Å². The predicted octanol–water partition coefficient (Wildman–Crippen LogP) is -2.27. The maximum absolute atomic E-state index is 12.3. The van der Waals surface area contributed by atoms with Crippen molar-refractivity contribution < 1.29 is 30.0 Å². The molecule has 2 heterocycles. The fourth-order valence-electron chi connectivity index (χ4n) is 2.61. The van der Waals surface area contributed by atoms with Crippen molar-refractivity contribution in [3.05, 3.63) is 35.9 Å². The van der Waals surface area contributed by atoms with Crippen molar-refractivity contribution in [1.29, 1.82) is 0 Å². The molecule has 8 heteroatoms. The van der Waals surface area contributed by atoms with E-state index in [1.807, 2.05) is 0 Å². The zero-order valence-corrected chi connectivity index (χ0v) is 11.5. The second-order valence-electron chi connectivity index (χ2n) is 5.24. The SMILES string of the molecule is O=C1NC(c2ccccc2)=N[C@@]12O[C@H](CO)[C@@H](O)[C@H](O)[C@H]2O. The van der Waals surface area contributed by atoms with Crippen molar-refractivity contribution in [2.45, 2.75) is 30.1 Å². The zero-order valence-electron chi connectivity index (χ0n) is 11.5. The highest BCUT2D eigenvalue weighted by atomic mass is 16.6. The largest absolute Gasteiger partial charge is 0.394 e. The van der Waals surface area contributed by atoms with E-state index in [4.69, 9.17) is 4.74 Å². The van der Waals surface area contributed by atoms with Crippen molar-refractivity contribution in [1.82, 2.24) is 5.32 Å². The lowest BCUT2D eigenvalue weighted by molar-refractivity contribution is -0.261. The van der Waals surface area contributed by atoms with E-state index in [1.54, 1.807) is 30.3 Å². The second-order valence-corrected chi connectivity index (χ2v) is 5.24. The van der Waals surface area contributed by atoms with Gasteiger partial charge < -0.3 is 30.5 Å². The van der Waals surface area contributed by atoms with Gasteiger partial charge in [-0.15, -0.1) is 0 Å². The standard InChI is InChI=1S/C14H16N2O6/c17-6-8-9(18)10(19)11(20)14(22-8)13(21)15-12(16-14)7-4-2-1-3-5-7/h1-5,8-11,17-20H,6H2,(H,15,16,21)/t8-,9-,10+,11-,14+/m1/s1. The molecule has 1 spiro atoms. The quantitative estimate of drug-likeness (QED) is 0.419. The summed E-state index contributed by atoms with van der Waals surface area (Å²) in [5.74, 6) is -0.576. The number of rotatable bonds is 2. The minimum atomic E-state index is -2.09. The number of benzene rings is 1. The molecule has 1 aromatic carbocycles. The number of carbonyl (C=O) groups is 1. The fraction of sp³-hybridized carbons (Fsp3) is 0.429. The van der Waals surface area contributed by atoms with E-state index in [9.17, 15) is 25.2 Å². The maximum atomic E-state index is 12.3. The van der Waals surface area contributed by atoms with Gasteiger partial charge in [0.05, 0.1) is 6.61 Å². The minimum absolute atomic E-state index is 0.185. The number of hydrogen-bond acceptors (Lipinski definition) is 7. The zero-order chi connectivity index (χ0) is 15.9. The minimum Gasteiger partial charge on any atom is -0.394 e. The van der Waals surface area contributed by atoms with Gasteiger partial charge in [0.15, 0.2) is 0 Å². The first kappa shape index (κ1) is 15.1. The van der Waals surface area contributed by atoms with Gasteiger partial charge in [-0.3, -0.25) is 4.79 Å². The molecule has 5 N–H and O–H groups in total. The molecule has 5 atom stereocenters. The molecular formula is C14H16N2O6. The average Bonchev–Trinajstić information content (AvgIpc) is 2.87. The number of amides is 1. The molecular weight excluding hydrogens is 292 g/mol. The lowest BCUT2D eigenvalue weighted by Gasteiger charge is -2.43. The van der Waals surface area contributed by atoms with E-state index >= 15 is 0 Å². The molecule has 1 saturated heterocycles. The summed E-state index contributed by atoms with van der Waals surface area (Å²) in [5.41, 5.74) is -1.48. The van der Waals surface area contributed by atoms with Crippen LogP contribution in [-0.2, 0) is 9.53 Å². The van der Waals surface area contributed by atoms with Crippen LogP contribution < -0.4 is 5.32 Å². The van der Waals surface area contributed by atoms with Crippen LogP contribution in [0.4, 0.5) is 0 Å². The van der Waals surface area contributed by atoms with Crippen LogP contribution in [0.5, 0.6) is 0 Å². The summed E-state index contributed by atoms with van der Waals surface area (Å²) in [6.45, 7) is -0.629. The molecule has 0 bridgehead atoms. The van der Waals surface area contributed by atoms with Gasteiger partial charge in [0, 0.05) is 5.56 Å². The van der Waals surface area contributed by atoms with E-state index in [0.717, 1.165) is 0 Å². The molecule has 1 fully saturated rings. The summed E-state index contributed by atoms with van der Waals surface area (Å²) in [4.78, 5) is 16.4. The van der Waals surface area contributed by atoms with E-state index in [1.165, 1.54) is 0 Å². The molecule has 2 aliphatic heterocycles. The topological polar surface area (TPSA) is 132 Å². The lowest BCUT2D eigenvalue weighted by atomic mass is 9.91. The highest BCUT2D eigenvalue weighted by Gasteiger charge is 2.60. The van der Waals surface area contributed by atoms with Gasteiger partial charge in [-0.05, 0) is 0 Å². The van der Waals surface area contributed by atoms with Crippen LogP contribution in [0.1, 0.15) is 5.56 Å². The van der Waals surface area contributed by atoms with Gasteiger partial charge in [0.25, 0.3) is 11.6 Å². The van der Waals surface area contributed by atoms with Crippen LogP contribution in [0.15, 0.2) is 35.3 Å². The van der Waals surface area contributed by atoms with Gasteiger partial charge in [-0.1, -0.05) is 30.3 Å². The molecule has 1 aromatic rings. The Balaban J connectivity index is 2.01. The third-order valence-electron chi connectivity index (χ3n) is 3.85. The molecule has 1 amide bonds. The van der Waals surface area contributed by atoms with Crippen molar-refractivity contribution in [3.63, 3.8) is 0 Å². The third-order valence-corrected chi connectivity index (χ3v) is 3.85. The normalized spacial score (nSPS) is 38.0. The number of ether oxygens (including phenoxy) is 1. The number of amidine groups is 1. The Labute approximate surface area is 125 Å². The van der Waals surface area contributed by atoms with Gasteiger partial charge in [-0.25, -0.2) is 4.99 Å². The molecule has 22 heavy (non-hydrogen) atoms. The van der Waals surface area contributed by atoms with Crippen molar-refractivity contribution in [2.24, 2.45) is 4.99 Å². The molecule has 0 unspecified atom stereocenters. The van der Waals surface area contributed by atoms with Gasteiger partial charge in [0.1, 0.15) is 30.3 Å². The highest BCUT2D eigenvalue weighted by Crippen LogP contribution is 2.34. The Kier molecular flexibility index (Phi) is 3.71. The second kappa shape index (κ2) is 5.41. The summed E-state index contributed by atoms with van der Waals surface area (Å²) in [7, 11) is 0. The molecule has 8 nitrogen and oxygen atoms in total. The molecule has 0 saturated carbocycles. The Morgan fingerprint density at radius 2 is 1.86 bits per heavy atom. The monoisotopic (exact) mass is 308 g/mol. The number of nitrogens with zero attached hydrogens (tertiary/aromatic N) is 1. The van der Waals surface area contributed by atoms with E-state index < -0.39 is 42.7 Å². The van der Waals surface area contributed by atoms with Crippen LogP contribution in [0.25, 0.3) is 0 Å². The maximum Gasteiger partial charge on any atom is 0.283 e. The van der Waals surface area contributed by atoms with Crippen molar-refractivity contribution in [2.75, 3.05) is 6.61 Å². The van der Waals surface area contributed by atoms with Crippen LogP contribution in [0.3, 0.4) is 0 Å². The van der Waals surface area contributed by atoms with Crippen LogP contribution in [-0.4, -0.2) is 68.9 Å². The third kappa shape index (κ3) is 2.13. The summed E-state index contributed by atoms with van der Waals surface area (Å²) in [5, 5.41) is 41.5. The first-order valence-electron chi connectivity index (χ1n) is 6.79. The van der Waals surface area contributed by atoms with Gasteiger partial charge in [0.2, 0.25) is 0 Å². The summed E-state index contributed by atoms with van der Waals surface area (Å²) in [6, 6.07) is 8.72. The number of carbonyl (C=O) groups excluding carboxylic acids is 1. The number of nitrogens with one attached hydrogen (secondary N) is 1. The smallest absolute Gasteiger partial charge is 0.283 e. The first-order chi connectivity index (χ1) is 10.5. The van der Waals surface area contributed by atoms with Gasteiger partial charge in [-0.2, -0.15) is 0 Å². The summed E-state index contributed by atoms with van der Waals surface area (Å²) < 4.78 is 5.33. The Morgan fingerprint density at radius 1 is 1.18 bits per heavy atom. The first-order valence-corrected chi connectivity index (χ1v) is 6.79. The Hall–Kier alpha value is -1.84. The van der Waals surface area contributed by atoms with Crippen molar-refractivity contribution in [3.8, 4) is 0 Å².